The molecule has 0 amide bonds. The van der Waals surface area contributed by atoms with Crippen molar-refractivity contribution in [1.29, 1.82) is 0 Å². The van der Waals surface area contributed by atoms with Gasteiger partial charge in [0.15, 0.2) is 0 Å². The summed E-state index contributed by atoms with van der Waals surface area (Å²) in [6.45, 7) is 4.39. The molecule has 0 radical (unpaired) electrons. The fourth-order valence-electron chi connectivity index (χ4n) is 2.80. The molecule has 0 aromatic carbocycles. The van der Waals surface area contributed by atoms with Gasteiger partial charge in [-0.1, -0.05) is 103 Å². The Hall–Kier alpha value is 0.290. The summed E-state index contributed by atoms with van der Waals surface area (Å²) < 4.78 is 0. The maximum Gasteiger partial charge on any atom is 0.0307 e. The number of alkyl halides is 1. The topological polar surface area (TPSA) is 0 Å². The smallest absolute Gasteiger partial charge is 0.0307 e. The lowest BCUT2D eigenvalue weighted by molar-refractivity contribution is 0.529. The van der Waals surface area contributed by atoms with Gasteiger partial charge in [-0.05, 0) is 13.3 Å². The third-order valence-electron chi connectivity index (χ3n) is 4.21. The molecule has 0 aliphatic carbocycles. The molecule has 0 saturated carbocycles. The zero-order valence-electron chi connectivity index (χ0n) is 14.3. The van der Waals surface area contributed by atoms with Crippen LogP contribution in [0.15, 0.2) is 0 Å². The first-order chi connectivity index (χ1) is 9.77. The third-order valence-corrected chi connectivity index (χ3v) is 4.42. The average Bonchev–Trinajstić information content (AvgIpc) is 2.43. The Morgan fingerprint density at radius 1 is 0.550 bits per heavy atom. The molecule has 0 spiro atoms. The molecule has 0 N–H and O–H groups in total. The summed E-state index contributed by atoms with van der Waals surface area (Å²) in [6, 6.07) is 0. The number of hydrogen-bond donors (Lipinski definition) is 0. The van der Waals surface area contributed by atoms with Gasteiger partial charge in [-0.15, -0.1) is 11.6 Å². The lowest BCUT2D eigenvalue weighted by Crippen LogP contribution is -1.90. The van der Waals surface area contributed by atoms with Crippen molar-refractivity contribution in [1.82, 2.24) is 0 Å². The largest absolute Gasteiger partial charge is 0.123 e. The predicted molar refractivity (Wildman–Crippen MR) is 94.9 cm³/mol. The SMILES string of the molecule is CCCCCCCCCCCCCCCCCC(C)Cl. The van der Waals surface area contributed by atoms with Gasteiger partial charge in [0.05, 0.1) is 0 Å². The van der Waals surface area contributed by atoms with Crippen molar-refractivity contribution >= 4 is 11.6 Å². The Bertz CT molecular complexity index is 165. The molecule has 0 heterocycles. The van der Waals surface area contributed by atoms with Gasteiger partial charge < -0.3 is 0 Å². The van der Waals surface area contributed by atoms with Gasteiger partial charge in [0.25, 0.3) is 0 Å². The lowest BCUT2D eigenvalue weighted by Gasteiger charge is -2.04. The number of unbranched alkanes of at least 4 members (excludes halogenated alkanes) is 14. The van der Waals surface area contributed by atoms with E-state index in [9.17, 15) is 0 Å². The minimum atomic E-state index is 0.372. The Balaban J connectivity index is 2.92. The Kier molecular flexibility index (Phi) is 17.6. The molecule has 0 aromatic rings. The van der Waals surface area contributed by atoms with Crippen LogP contribution in [-0.2, 0) is 0 Å². The number of halogens is 1. The van der Waals surface area contributed by atoms with Crippen molar-refractivity contribution in [2.24, 2.45) is 0 Å². The van der Waals surface area contributed by atoms with Crippen LogP contribution in [-0.4, -0.2) is 5.38 Å². The highest BCUT2D eigenvalue weighted by Crippen LogP contribution is 2.14. The zero-order chi connectivity index (χ0) is 14.9. The summed E-state index contributed by atoms with van der Waals surface area (Å²) in [5, 5.41) is 0.372. The second-order valence-electron chi connectivity index (χ2n) is 6.52. The first kappa shape index (κ1) is 20.3. The molecule has 0 aliphatic rings. The fraction of sp³-hybridized carbons (Fsp3) is 1.00. The molecule has 0 nitrogen and oxygen atoms in total. The summed E-state index contributed by atoms with van der Waals surface area (Å²) in [5.41, 5.74) is 0. The van der Waals surface area contributed by atoms with Gasteiger partial charge >= 0.3 is 0 Å². The normalized spacial score (nSPS) is 12.8. The van der Waals surface area contributed by atoms with Crippen LogP contribution in [0, 0.1) is 0 Å². The summed E-state index contributed by atoms with van der Waals surface area (Å²) >= 11 is 5.94. The first-order valence-corrected chi connectivity index (χ1v) is 9.85. The summed E-state index contributed by atoms with van der Waals surface area (Å²) in [4.78, 5) is 0. The minimum Gasteiger partial charge on any atom is -0.123 e. The van der Waals surface area contributed by atoms with E-state index in [1.807, 2.05) is 0 Å². The van der Waals surface area contributed by atoms with Crippen molar-refractivity contribution < 1.29 is 0 Å². The molecule has 0 aliphatic heterocycles. The van der Waals surface area contributed by atoms with E-state index in [4.69, 9.17) is 11.6 Å². The fourth-order valence-corrected chi connectivity index (χ4v) is 2.95. The van der Waals surface area contributed by atoms with E-state index in [-0.39, 0.29) is 0 Å². The van der Waals surface area contributed by atoms with E-state index in [1.165, 1.54) is 103 Å². The zero-order valence-corrected chi connectivity index (χ0v) is 15.0. The molecule has 1 heteroatoms. The van der Waals surface area contributed by atoms with Crippen LogP contribution in [0.4, 0.5) is 0 Å². The van der Waals surface area contributed by atoms with Gasteiger partial charge in [0.2, 0.25) is 0 Å². The predicted octanol–water partition coefficient (Wildman–Crippen LogP) is 7.88. The lowest BCUT2D eigenvalue weighted by atomic mass is 10.0. The quantitative estimate of drug-likeness (QED) is 0.201. The van der Waals surface area contributed by atoms with Gasteiger partial charge in [0.1, 0.15) is 0 Å². The highest BCUT2D eigenvalue weighted by Gasteiger charge is 1.96. The molecule has 122 valence electrons. The molecular weight excluding hydrogens is 264 g/mol. The molecule has 1 unspecified atom stereocenters. The number of hydrogen-bond acceptors (Lipinski definition) is 0. The minimum absolute atomic E-state index is 0.372. The molecule has 1 atom stereocenters. The van der Waals surface area contributed by atoms with Crippen molar-refractivity contribution in [3.8, 4) is 0 Å². The van der Waals surface area contributed by atoms with E-state index in [1.54, 1.807) is 0 Å². The monoisotopic (exact) mass is 302 g/mol. The van der Waals surface area contributed by atoms with Crippen LogP contribution in [0.3, 0.4) is 0 Å². The molecule has 0 rings (SSSR count). The standard InChI is InChI=1S/C19H39Cl/c1-3-4-5-6-7-8-9-10-11-12-13-14-15-16-17-18-19(2)20/h19H,3-18H2,1-2H3. The van der Waals surface area contributed by atoms with Crippen molar-refractivity contribution in [3.05, 3.63) is 0 Å². The van der Waals surface area contributed by atoms with E-state index in [0.717, 1.165) is 0 Å². The average molecular weight is 303 g/mol. The second kappa shape index (κ2) is 17.3. The summed E-state index contributed by atoms with van der Waals surface area (Å²) in [5.74, 6) is 0. The first-order valence-electron chi connectivity index (χ1n) is 9.41. The molecule has 20 heavy (non-hydrogen) atoms. The van der Waals surface area contributed by atoms with Crippen molar-refractivity contribution in [2.75, 3.05) is 0 Å². The Morgan fingerprint density at radius 2 is 0.850 bits per heavy atom. The van der Waals surface area contributed by atoms with Gasteiger partial charge in [-0.2, -0.15) is 0 Å². The highest BCUT2D eigenvalue weighted by atomic mass is 35.5. The van der Waals surface area contributed by atoms with Crippen LogP contribution >= 0.6 is 11.6 Å². The maximum atomic E-state index is 5.94. The van der Waals surface area contributed by atoms with Crippen LogP contribution < -0.4 is 0 Å². The van der Waals surface area contributed by atoms with Crippen LogP contribution in [0.2, 0.25) is 0 Å². The van der Waals surface area contributed by atoms with E-state index in [0.29, 0.717) is 5.38 Å². The third kappa shape index (κ3) is 18.3. The van der Waals surface area contributed by atoms with Gasteiger partial charge in [-0.3, -0.25) is 0 Å². The van der Waals surface area contributed by atoms with Crippen molar-refractivity contribution in [2.45, 2.75) is 122 Å². The van der Waals surface area contributed by atoms with Crippen LogP contribution in [0.1, 0.15) is 117 Å². The summed E-state index contributed by atoms with van der Waals surface area (Å²) in [7, 11) is 0. The Labute approximate surface area is 134 Å². The van der Waals surface area contributed by atoms with E-state index >= 15 is 0 Å². The molecule has 0 aromatic heterocycles. The second-order valence-corrected chi connectivity index (χ2v) is 7.26. The highest BCUT2D eigenvalue weighted by molar-refractivity contribution is 6.20. The molecule has 0 fully saturated rings. The van der Waals surface area contributed by atoms with Crippen LogP contribution in [0.5, 0.6) is 0 Å². The van der Waals surface area contributed by atoms with E-state index in [2.05, 4.69) is 13.8 Å². The van der Waals surface area contributed by atoms with Gasteiger partial charge in [-0.25, -0.2) is 0 Å². The molecule has 0 bridgehead atoms. The van der Waals surface area contributed by atoms with E-state index < -0.39 is 0 Å². The molecular formula is C19H39Cl. The van der Waals surface area contributed by atoms with Crippen LogP contribution in [0.25, 0.3) is 0 Å². The van der Waals surface area contributed by atoms with Crippen molar-refractivity contribution in [3.63, 3.8) is 0 Å². The molecule has 0 saturated heterocycles. The Morgan fingerprint density at radius 3 is 1.15 bits per heavy atom. The summed E-state index contributed by atoms with van der Waals surface area (Å²) in [6.07, 6.45) is 22.7. The maximum absolute atomic E-state index is 5.94. The number of rotatable bonds is 16. The van der Waals surface area contributed by atoms with Gasteiger partial charge in [0, 0.05) is 5.38 Å².